The largest absolute Gasteiger partial charge is 0.294 e. The summed E-state index contributed by atoms with van der Waals surface area (Å²) >= 11 is 0. The number of fused-ring (bicyclic) bond motifs is 1. The highest BCUT2D eigenvalue weighted by atomic mass is 19.1. The summed E-state index contributed by atoms with van der Waals surface area (Å²) in [6.07, 6.45) is 4.50. The van der Waals surface area contributed by atoms with Crippen molar-refractivity contribution in [1.82, 2.24) is 10.2 Å². The molecule has 2 aromatic carbocycles. The van der Waals surface area contributed by atoms with Crippen LogP contribution in [0.4, 0.5) is 4.39 Å². The molecule has 3 nitrogen and oxygen atoms in total. The highest BCUT2D eigenvalue weighted by Crippen LogP contribution is 2.41. The van der Waals surface area contributed by atoms with Gasteiger partial charge in [0.1, 0.15) is 5.82 Å². The summed E-state index contributed by atoms with van der Waals surface area (Å²) in [4.78, 5) is 11.4. The Kier molecular flexibility index (Phi) is 3.89. The molecule has 5 rings (SSSR count). The molecule has 24 heavy (non-hydrogen) atoms. The van der Waals surface area contributed by atoms with Crippen molar-refractivity contribution in [2.45, 2.75) is 31.6 Å². The van der Waals surface area contributed by atoms with Crippen molar-refractivity contribution in [3.63, 3.8) is 0 Å². The van der Waals surface area contributed by atoms with Crippen LogP contribution in [-0.4, -0.2) is 16.0 Å². The maximum atomic E-state index is 13.0. The third-order valence-electron chi connectivity index (χ3n) is 4.56. The van der Waals surface area contributed by atoms with E-state index < -0.39 is 5.82 Å². The fraction of sp³-hybridized carbons (Fsp3) is 0.300. The zero-order valence-electron chi connectivity index (χ0n) is 13.3. The Bertz CT molecular complexity index is 878. The second kappa shape index (κ2) is 6.19. The van der Waals surface area contributed by atoms with Crippen molar-refractivity contribution >= 4 is 16.7 Å². The zero-order valence-corrected chi connectivity index (χ0v) is 13.3. The van der Waals surface area contributed by atoms with Crippen molar-refractivity contribution in [1.29, 1.82) is 0 Å². The molecule has 0 radical (unpaired) electrons. The highest BCUT2D eigenvalue weighted by molar-refractivity contribution is 5.99. The molecule has 0 aliphatic heterocycles. The summed E-state index contributed by atoms with van der Waals surface area (Å²) in [5.74, 6) is 0.432. The van der Waals surface area contributed by atoms with E-state index in [1.807, 2.05) is 6.07 Å². The Hall–Kier alpha value is -2.49. The molecule has 1 aromatic heterocycles. The quantitative estimate of drug-likeness (QED) is 0.700. The summed E-state index contributed by atoms with van der Waals surface area (Å²) in [6.45, 7) is 0. The second-order valence-corrected chi connectivity index (χ2v) is 6.55. The molecule has 122 valence electrons. The lowest BCUT2D eigenvalue weighted by Crippen LogP contribution is -2.03. The number of carbonyl (C=O) groups excluding carboxylic acids is 1. The first-order chi connectivity index (χ1) is 11.7. The zero-order chi connectivity index (χ0) is 16.5. The lowest BCUT2D eigenvalue weighted by Gasteiger charge is -1.98. The van der Waals surface area contributed by atoms with Gasteiger partial charge >= 0.3 is 0 Å². The van der Waals surface area contributed by atoms with Crippen molar-refractivity contribution in [2.75, 3.05) is 0 Å². The minimum atomic E-state index is -0.394. The molecule has 0 amide bonds. The molecule has 2 saturated carbocycles. The predicted molar refractivity (Wildman–Crippen MR) is 91.5 cm³/mol. The predicted octanol–water partition coefficient (Wildman–Crippen LogP) is 4.86. The monoisotopic (exact) mass is 322 g/mol. The number of carbonyl (C=O) groups is 1. The van der Waals surface area contributed by atoms with Crippen molar-refractivity contribution in [2.24, 2.45) is 5.92 Å². The van der Waals surface area contributed by atoms with Crippen LogP contribution in [-0.2, 0) is 0 Å². The highest BCUT2D eigenvalue weighted by Gasteiger charge is 2.31. The topological polar surface area (TPSA) is 45.8 Å². The standard InChI is InChI=1S/C10H9FO.C10H10N2/c11-9-4-2-1-3-8(9)10(12)7-5-6-7;1-2-4-9-8(3-1)10(12-11-9)7-5-6-7/h1-4,7H,5-6H2;1-4,7H,5-6H2,(H,11,12). The molecule has 2 fully saturated rings. The molecular formula is C20H19FN2O. The van der Waals surface area contributed by atoms with Gasteiger partial charge in [-0.3, -0.25) is 9.89 Å². The molecule has 0 atom stereocenters. The average Bonchev–Trinajstić information content (AvgIpc) is 3.53. The van der Waals surface area contributed by atoms with Gasteiger partial charge in [0.05, 0.1) is 11.1 Å². The van der Waals surface area contributed by atoms with E-state index in [0.717, 1.165) is 24.3 Å². The lowest BCUT2D eigenvalue weighted by atomic mass is 10.1. The fourth-order valence-electron chi connectivity index (χ4n) is 2.89. The fourth-order valence-corrected chi connectivity index (χ4v) is 2.89. The van der Waals surface area contributed by atoms with Crippen molar-refractivity contribution in [3.05, 3.63) is 65.6 Å². The maximum absolute atomic E-state index is 13.0. The van der Waals surface area contributed by atoms with Crippen LogP contribution in [0.15, 0.2) is 48.5 Å². The van der Waals surface area contributed by atoms with Gasteiger partial charge in [-0.15, -0.1) is 0 Å². The van der Waals surface area contributed by atoms with Gasteiger partial charge in [0.25, 0.3) is 0 Å². The average molecular weight is 322 g/mol. The molecule has 3 aromatic rings. The van der Waals surface area contributed by atoms with Crippen LogP contribution in [0.3, 0.4) is 0 Å². The Balaban J connectivity index is 0.000000121. The molecule has 1 N–H and O–H groups in total. The summed E-state index contributed by atoms with van der Waals surface area (Å²) in [5, 5.41) is 8.69. The molecule has 0 bridgehead atoms. The number of hydrogen-bond acceptors (Lipinski definition) is 2. The van der Waals surface area contributed by atoms with Crippen LogP contribution in [0.25, 0.3) is 10.9 Å². The summed E-state index contributed by atoms with van der Waals surface area (Å²) in [6, 6.07) is 14.5. The molecule has 0 spiro atoms. The van der Waals surface area contributed by atoms with Crippen LogP contribution in [0.2, 0.25) is 0 Å². The smallest absolute Gasteiger partial charge is 0.168 e. The van der Waals surface area contributed by atoms with Crippen LogP contribution in [0, 0.1) is 11.7 Å². The molecular weight excluding hydrogens is 303 g/mol. The van der Waals surface area contributed by atoms with Gasteiger partial charge < -0.3 is 0 Å². The van der Waals surface area contributed by atoms with Gasteiger partial charge in [-0.05, 0) is 43.9 Å². The van der Waals surface area contributed by atoms with Crippen molar-refractivity contribution < 1.29 is 9.18 Å². The number of nitrogens with zero attached hydrogens (tertiary/aromatic N) is 1. The number of Topliss-reactive ketones (excluding diaryl/α,β-unsaturated/α-hetero) is 1. The Morgan fingerprint density at radius 1 is 1.00 bits per heavy atom. The van der Waals surface area contributed by atoms with Gasteiger partial charge in [0.2, 0.25) is 0 Å². The molecule has 2 aliphatic rings. The SMILES string of the molecule is O=C(c1ccccc1F)C1CC1.c1ccc2c(C3CC3)[nH]nc2c1. The van der Waals surface area contributed by atoms with E-state index in [2.05, 4.69) is 28.4 Å². The van der Waals surface area contributed by atoms with Gasteiger partial charge in [-0.1, -0.05) is 30.3 Å². The number of H-pyrrole nitrogens is 1. The van der Waals surface area contributed by atoms with E-state index in [4.69, 9.17) is 0 Å². The summed E-state index contributed by atoms with van der Waals surface area (Å²) in [5.41, 5.74) is 2.69. The first kappa shape index (κ1) is 15.1. The molecule has 4 heteroatoms. The normalized spacial score (nSPS) is 16.5. The van der Waals surface area contributed by atoms with E-state index in [9.17, 15) is 9.18 Å². The van der Waals surface area contributed by atoms with Crippen LogP contribution in [0.1, 0.15) is 47.7 Å². The van der Waals surface area contributed by atoms with Crippen molar-refractivity contribution in [3.8, 4) is 0 Å². The Morgan fingerprint density at radius 2 is 1.71 bits per heavy atom. The molecule has 2 aliphatic carbocycles. The van der Waals surface area contributed by atoms with E-state index in [1.54, 1.807) is 18.2 Å². The van der Waals surface area contributed by atoms with E-state index in [1.165, 1.54) is 30.0 Å². The van der Waals surface area contributed by atoms with Crippen LogP contribution < -0.4 is 0 Å². The number of para-hydroxylation sites is 1. The van der Waals surface area contributed by atoms with Gasteiger partial charge in [0, 0.05) is 22.9 Å². The first-order valence-electron chi connectivity index (χ1n) is 8.46. The van der Waals surface area contributed by atoms with Crippen LogP contribution in [0.5, 0.6) is 0 Å². The molecule has 1 heterocycles. The van der Waals surface area contributed by atoms with Gasteiger partial charge in [-0.25, -0.2) is 4.39 Å². The number of ketones is 1. The number of aromatic nitrogens is 2. The maximum Gasteiger partial charge on any atom is 0.168 e. The first-order valence-corrected chi connectivity index (χ1v) is 8.46. The minimum Gasteiger partial charge on any atom is -0.294 e. The Labute approximate surface area is 139 Å². The number of nitrogens with one attached hydrogen (secondary N) is 1. The summed E-state index contributed by atoms with van der Waals surface area (Å²) < 4.78 is 13.0. The Morgan fingerprint density at radius 3 is 2.42 bits per heavy atom. The van der Waals surface area contributed by atoms with Crippen LogP contribution >= 0.6 is 0 Å². The number of rotatable bonds is 3. The minimum absolute atomic E-state index is 0.0342. The van der Waals surface area contributed by atoms with Gasteiger partial charge in [0.15, 0.2) is 5.78 Å². The molecule has 0 saturated heterocycles. The lowest BCUT2D eigenvalue weighted by molar-refractivity contribution is 0.0963. The molecule has 0 unspecified atom stereocenters. The number of hydrogen-bond donors (Lipinski definition) is 1. The van der Waals surface area contributed by atoms with E-state index >= 15 is 0 Å². The number of halogens is 1. The number of benzene rings is 2. The number of aromatic amines is 1. The van der Waals surface area contributed by atoms with E-state index in [0.29, 0.717) is 0 Å². The third-order valence-corrected chi connectivity index (χ3v) is 4.56. The van der Waals surface area contributed by atoms with E-state index in [-0.39, 0.29) is 17.3 Å². The third kappa shape index (κ3) is 3.09. The van der Waals surface area contributed by atoms with Gasteiger partial charge in [-0.2, -0.15) is 5.10 Å². The second-order valence-electron chi connectivity index (χ2n) is 6.55. The summed E-state index contributed by atoms with van der Waals surface area (Å²) in [7, 11) is 0.